The van der Waals surface area contributed by atoms with Crippen molar-refractivity contribution in [1.82, 2.24) is 10.3 Å². The molecule has 2 N–H and O–H groups in total. The summed E-state index contributed by atoms with van der Waals surface area (Å²) in [5, 5.41) is 14.6. The highest BCUT2D eigenvalue weighted by Crippen LogP contribution is 2.11. The van der Waals surface area contributed by atoms with E-state index in [1.165, 1.54) is 6.20 Å². The van der Waals surface area contributed by atoms with Gasteiger partial charge in [0, 0.05) is 18.1 Å². The number of benzene rings is 1. The fourth-order valence-corrected chi connectivity index (χ4v) is 2.01. The van der Waals surface area contributed by atoms with Gasteiger partial charge < -0.3 is 15.4 Å². The molecule has 0 radical (unpaired) electrons. The lowest BCUT2D eigenvalue weighted by Crippen LogP contribution is -2.17. The van der Waals surface area contributed by atoms with E-state index in [4.69, 9.17) is 10.00 Å². The molecule has 0 unspecified atom stereocenters. The molecule has 0 spiro atoms. The number of pyridine rings is 1. The van der Waals surface area contributed by atoms with Gasteiger partial charge in [0.05, 0.1) is 24.4 Å². The van der Waals surface area contributed by atoms with Gasteiger partial charge in [-0.05, 0) is 43.3 Å². The van der Waals surface area contributed by atoms with Crippen molar-refractivity contribution in [1.29, 1.82) is 5.26 Å². The Kier molecular flexibility index (Phi) is 6.89. The summed E-state index contributed by atoms with van der Waals surface area (Å²) in [6.07, 6.45) is 3.01. The predicted molar refractivity (Wildman–Crippen MR) is 95.8 cm³/mol. The minimum Gasteiger partial charge on any atom is -0.462 e. The highest BCUT2D eigenvalue weighted by Gasteiger charge is 2.10. The van der Waals surface area contributed by atoms with Crippen molar-refractivity contribution in [3.8, 4) is 6.07 Å². The monoisotopic (exact) mass is 350 g/mol. The lowest BCUT2D eigenvalue weighted by atomic mass is 10.2. The molecule has 0 aliphatic carbocycles. The molecule has 132 valence electrons. The summed E-state index contributed by atoms with van der Waals surface area (Å²) in [5.74, 6) is -0.980. The van der Waals surface area contributed by atoms with E-state index in [9.17, 15) is 9.59 Å². The number of hydrogen-bond acceptors (Lipinski definition) is 6. The van der Waals surface area contributed by atoms with Crippen LogP contribution in [0.1, 0.15) is 23.0 Å². The second-order valence-corrected chi connectivity index (χ2v) is 5.12. The van der Waals surface area contributed by atoms with Gasteiger partial charge in [-0.3, -0.25) is 9.78 Å². The van der Waals surface area contributed by atoms with Gasteiger partial charge in [0.15, 0.2) is 0 Å². The summed E-state index contributed by atoms with van der Waals surface area (Å²) >= 11 is 0. The first-order valence-corrected chi connectivity index (χ1v) is 7.96. The van der Waals surface area contributed by atoms with Gasteiger partial charge in [-0.1, -0.05) is 6.07 Å². The Morgan fingerprint density at radius 2 is 2.00 bits per heavy atom. The number of anilines is 1. The molecule has 1 amide bonds. The number of hydrogen-bond donors (Lipinski definition) is 2. The number of carbonyl (C=O) groups excluding carboxylic acids is 2. The van der Waals surface area contributed by atoms with Crippen molar-refractivity contribution in [3.63, 3.8) is 0 Å². The Bertz CT molecular complexity index is 824. The van der Waals surface area contributed by atoms with E-state index < -0.39 is 11.9 Å². The maximum absolute atomic E-state index is 12.2. The van der Waals surface area contributed by atoms with Crippen LogP contribution in [0.25, 0.3) is 0 Å². The van der Waals surface area contributed by atoms with Crippen molar-refractivity contribution in [2.24, 2.45) is 0 Å². The molecule has 1 aromatic carbocycles. The first-order valence-electron chi connectivity index (χ1n) is 7.96. The Hall–Kier alpha value is -3.66. The molecular weight excluding hydrogens is 332 g/mol. The smallest absolute Gasteiger partial charge is 0.338 e. The first-order chi connectivity index (χ1) is 12.6. The van der Waals surface area contributed by atoms with Crippen LogP contribution in [0.15, 0.2) is 60.4 Å². The van der Waals surface area contributed by atoms with Gasteiger partial charge in [0.25, 0.3) is 5.91 Å². The largest absolute Gasteiger partial charge is 0.462 e. The van der Waals surface area contributed by atoms with Crippen molar-refractivity contribution in [3.05, 3.63) is 71.7 Å². The number of nitrogens with zero attached hydrogens (tertiary/aromatic N) is 2. The van der Waals surface area contributed by atoms with Gasteiger partial charge in [-0.15, -0.1) is 0 Å². The van der Waals surface area contributed by atoms with Gasteiger partial charge in [-0.25, -0.2) is 4.79 Å². The van der Waals surface area contributed by atoms with Crippen molar-refractivity contribution < 1.29 is 14.3 Å². The van der Waals surface area contributed by atoms with E-state index in [1.54, 1.807) is 43.5 Å². The third-order valence-corrected chi connectivity index (χ3v) is 3.27. The highest BCUT2D eigenvalue weighted by atomic mass is 16.5. The van der Waals surface area contributed by atoms with Crippen LogP contribution < -0.4 is 10.6 Å². The van der Waals surface area contributed by atoms with E-state index >= 15 is 0 Å². The number of rotatable bonds is 7. The van der Waals surface area contributed by atoms with Gasteiger partial charge >= 0.3 is 5.97 Å². The van der Waals surface area contributed by atoms with Crippen molar-refractivity contribution in [2.75, 3.05) is 11.9 Å². The first kappa shape index (κ1) is 18.7. The van der Waals surface area contributed by atoms with Crippen LogP contribution in [0.4, 0.5) is 5.69 Å². The zero-order valence-electron chi connectivity index (χ0n) is 14.2. The van der Waals surface area contributed by atoms with Crippen LogP contribution in [0, 0.1) is 11.3 Å². The summed E-state index contributed by atoms with van der Waals surface area (Å²) in [5.41, 5.74) is 1.57. The summed E-state index contributed by atoms with van der Waals surface area (Å²) in [4.78, 5) is 27.9. The number of nitriles is 1. The quantitative estimate of drug-likeness (QED) is 0.451. The molecule has 0 bridgehead atoms. The lowest BCUT2D eigenvalue weighted by Gasteiger charge is -2.06. The maximum atomic E-state index is 12.2. The Morgan fingerprint density at radius 1 is 1.23 bits per heavy atom. The molecule has 0 saturated heterocycles. The summed E-state index contributed by atoms with van der Waals surface area (Å²) < 4.78 is 4.89. The van der Waals surface area contributed by atoms with Crippen LogP contribution in [-0.2, 0) is 16.1 Å². The highest BCUT2D eigenvalue weighted by molar-refractivity contribution is 6.06. The zero-order chi connectivity index (χ0) is 18.8. The molecule has 26 heavy (non-hydrogen) atoms. The van der Waals surface area contributed by atoms with Crippen molar-refractivity contribution >= 4 is 17.6 Å². The molecule has 0 atom stereocenters. The molecule has 1 heterocycles. The van der Waals surface area contributed by atoms with E-state index in [-0.39, 0.29) is 5.57 Å². The number of carbonyl (C=O) groups is 2. The van der Waals surface area contributed by atoms with E-state index in [2.05, 4.69) is 15.6 Å². The lowest BCUT2D eigenvalue weighted by molar-refractivity contribution is -0.112. The van der Waals surface area contributed by atoms with Crippen LogP contribution in [0.3, 0.4) is 0 Å². The fraction of sp³-hybridized carbons (Fsp3) is 0.158. The minimum atomic E-state index is -0.551. The maximum Gasteiger partial charge on any atom is 0.338 e. The summed E-state index contributed by atoms with van der Waals surface area (Å²) in [6.45, 7) is 2.41. The third kappa shape index (κ3) is 5.46. The van der Waals surface area contributed by atoms with E-state index in [0.717, 1.165) is 5.69 Å². The van der Waals surface area contributed by atoms with Crippen molar-refractivity contribution in [2.45, 2.75) is 13.5 Å². The fourth-order valence-electron chi connectivity index (χ4n) is 2.01. The topological polar surface area (TPSA) is 104 Å². The third-order valence-electron chi connectivity index (χ3n) is 3.27. The molecule has 0 aliphatic heterocycles. The molecule has 2 aromatic rings. The molecule has 0 saturated carbocycles. The Morgan fingerprint density at radius 3 is 2.62 bits per heavy atom. The molecule has 7 nitrogen and oxygen atoms in total. The van der Waals surface area contributed by atoms with Gasteiger partial charge in [-0.2, -0.15) is 5.26 Å². The average Bonchev–Trinajstić information content (AvgIpc) is 2.66. The zero-order valence-corrected chi connectivity index (χ0v) is 14.2. The molecule has 0 aliphatic rings. The summed E-state index contributed by atoms with van der Waals surface area (Å²) in [7, 11) is 0. The summed E-state index contributed by atoms with van der Waals surface area (Å²) in [6, 6.07) is 13.6. The SMILES string of the molecule is CCOC(=O)c1ccc(NC(=O)/C(C#N)=C\NCc2ccccn2)cc1. The van der Waals surface area contributed by atoms with Crippen LogP contribution in [0.5, 0.6) is 0 Å². The Balaban J connectivity index is 1.95. The van der Waals surface area contributed by atoms with E-state index in [0.29, 0.717) is 24.4 Å². The second kappa shape index (κ2) is 9.59. The number of esters is 1. The number of amides is 1. The molecule has 2 rings (SSSR count). The Labute approximate surface area is 151 Å². The molecular formula is C19H18N4O3. The normalized spacial score (nSPS) is 10.5. The average molecular weight is 350 g/mol. The van der Waals surface area contributed by atoms with Gasteiger partial charge in [0.2, 0.25) is 0 Å². The molecule has 0 fully saturated rings. The van der Waals surface area contributed by atoms with Crippen LogP contribution in [-0.4, -0.2) is 23.5 Å². The van der Waals surface area contributed by atoms with Gasteiger partial charge in [0.1, 0.15) is 11.6 Å². The number of nitrogens with one attached hydrogen (secondary N) is 2. The number of aromatic nitrogens is 1. The standard InChI is InChI=1S/C19H18N4O3/c1-2-26-19(25)14-6-8-16(9-7-14)23-18(24)15(11-20)12-21-13-17-5-3-4-10-22-17/h3-10,12,21H,2,13H2,1H3,(H,23,24)/b15-12-. The molecule has 7 heteroatoms. The van der Waals surface area contributed by atoms with E-state index in [1.807, 2.05) is 18.2 Å². The second-order valence-electron chi connectivity index (χ2n) is 5.12. The number of ether oxygens (including phenoxy) is 1. The molecule has 1 aromatic heterocycles. The van der Waals surface area contributed by atoms with Crippen LogP contribution in [0.2, 0.25) is 0 Å². The predicted octanol–water partition coefficient (Wildman–Crippen LogP) is 2.39. The minimum absolute atomic E-state index is 0.0737. The van der Waals surface area contributed by atoms with Crippen LogP contribution >= 0.6 is 0 Å².